The molecule has 31 heavy (non-hydrogen) atoms. The Morgan fingerprint density at radius 3 is 2.94 bits per heavy atom. The molecule has 0 radical (unpaired) electrons. The molecule has 1 aliphatic carbocycles. The maximum Gasteiger partial charge on any atom is 0.230 e. The third-order valence-corrected chi connectivity index (χ3v) is 7.06. The van der Waals surface area contributed by atoms with E-state index in [-0.39, 0.29) is 24.0 Å². The van der Waals surface area contributed by atoms with Gasteiger partial charge in [0, 0.05) is 44.4 Å². The molecule has 2 saturated heterocycles. The monoisotopic (exact) mass is 419 g/mol. The van der Waals surface area contributed by atoms with E-state index in [1.165, 1.54) is 0 Å². The SMILES string of the molecule is Cn1ccnc1CN(C(=O)[C@H]1[C@@H]2C=C[C@@]3(CN(Cc4cccnc4)C(=O)[C@H]13)O2)C1CC1. The van der Waals surface area contributed by atoms with Gasteiger partial charge < -0.3 is 19.1 Å². The highest BCUT2D eigenvalue weighted by molar-refractivity contribution is 5.93. The largest absolute Gasteiger partial charge is 0.360 e. The maximum absolute atomic E-state index is 13.8. The van der Waals surface area contributed by atoms with Crippen LogP contribution < -0.4 is 0 Å². The molecule has 1 saturated carbocycles. The van der Waals surface area contributed by atoms with E-state index < -0.39 is 17.4 Å². The van der Waals surface area contributed by atoms with Crippen molar-refractivity contribution in [3.05, 3.63) is 60.5 Å². The summed E-state index contributed by atoms with van der Waals surface area (Å²) in [5.41, 5.74) is 0.283. The average molecular weight is 419 g/mol. The van der Waals surface area contributed by atoms with Crippen LogP contribution in [0.1, 0.15) is 24.2 Å². The van der Waals surface area contributed by atoms with Crippen LogP contribution in [0.25, 0.3) is 0 Å². The van der Waals surface area contributed by atoms with E-state index in [0.29, 0.717) is 19.6 Å². The number of carbonyl (C=O) groups excluding carboxylic acids is 2. The highest BCUT2D eigenvalue weighted by Crippen LogP contribution is 2.53. The standard InChI is InChI=1S/C23H25N5O3/c1-26-10-9-25-18(26)13-28(16-4-5-16)21(29)19-17-6-7-23(31-17)14-27(22(30)20(19)23)12-15-3-2-8-24-11-15/h2-3,6-11,16-17,19-20H,4-5,12-14H2,1H3/t17-,19-,20-,23-/m0/s1. The van der Waals surface area contributed by atoms with E-state index in [4.69, 9.17) is 4.74 Å². The molecule has 8 nitrogen and oxygen atoms in total. The molecule has 2 aromatic heterocycles. The van der Waals surface area contributed by atoms with Crippen LogP contribution in [-0.4, -0.2) is 60.4 Å². The number of hydrogen-bond donors (Lipinski definition) is 0. The lowest BCUT2D eigenvalue weighted by Gasteiger charge is -2.30. The predicted octanol–water partition coefficient (Wildman–Crippen LogP) is 1.29. The molecular weight excluding hydrogens is 394 g/mol. The third kappa shape index (κ3) is 2.92. The topological polar surface area (TPSA) is 80.6 Å². The van der Waals surface area contributed by atoms with Gasteiger partial charge in [-0.3, -0.25) is 14.6 Å². The van der Waals surface area contributed by atoms with Gasteiger partial charge in [0.05, 0.1) is 31.0 Å². The van der Waals surface area contributed by atoms with Gasteiger partial charge in [-0.2, -0.15) is 0 Å². The van der Waals surface area contributed by atoms with Gasteiger partial charge in [-0.05, 0) is 24.5 Å². The van der Waals surface area contributed by atoms with Gasteiger partial charge in [0.2, 0.25) is 11.8 Å². The van der Waals surface area contributed by atoms with Crippen molar-refractivity contribution < 1.29 is 14.3 Å². The molecule has 4 atom stereocenters. The first-order chi connectivity index (χ1) is 15.1. The number of aromatic nitrogens is 3. The van der Waals surface area contributed by atoms with Crippen LogP contribution in [0.4, 0.5) is 0 Å². The molecule has 0 unspecified atom stereocenters. The van der Waals surface area contributed by atoms with E-state index >= 15 is 0 Å². The molecule has 0 N–H and O–H groups in total. The fraction of sp³-hybridized carbons (Fsp3) is 0.478. The van der Waals surface area contributed by atoms with Crippen LogP contribution >= 0.6 is 0 Å². The number of pyridine rings is 1. The summed E-state index contributed by atoms with van der Waals surface area (Å²) in [6, 6.07) is 4.06. The van der Waals surface area contributed by atoms with Gasteiger partial charge in [-0.1, -0.05) is 18.2 Å². The number of ether oxygens (including phenoxy) is 1. The van der Waals surface area contributed by atoms with Crippen molar-refractivity contribution in [2.75, 3.05) is 6.54 Å². The van der Waals surface area contributed by atoms with Gasteiger partial charge >= 0.3 is 0 Å². The third-order valence-electron chi connectivity index (χ3n) is 7.06. The molecule has 2 amide bonds. The van der Waals surface area contributed by atoms with Gasteiger partial charge in [0.25, 0.3) is 0 Å². The summed E-state index contributed by atoms with van der Waals surface area (Å²) in [6.07, 6.45) is 12.8. The number of hydrogen-bond acceptors (Lipinski definition) is 5. The minimum atomic E-state index is -0.692. The van der Waals surface area contributed by atoms with E-state index in [0.717, 1.165) is 24.2 Å². The summed E-state index contributed by atoms with van der Waals surface area (Å²) in [5, 5.41) is 0. The molecule has 0 aromatic carbocycles. The second-order valence-electron chi connectivity index (χ2n) is 9.11. The van der Waals surface area contributed by atoms with Crippen LogP contribution in [0, 0.1) is 11.8 Å². The molecular formula is C23H25N5O3. The lowest BCUT2D eigenvalue weighted by Crippen LogP contribution is -2.46. The summed E-state index contributed by atoms with van der Waals surface area (Å²) >= 11 is 0. The van der Waals surface area contributed by atoms with Crippen molar-refractivity contribution in [2.24, 2.45) is 18.9 Å². The van der Waals surface area contributed by atoms with Gasteiger partial charge in [-0.15, -0.1) is 0 Å². The molecule has 8 heteroatoms. The van der Waals surface area contributed by atoms with Crippen molar-refractivity contribution in [3.63, 3.8) is 0 Å². The molecule has 1 spiro atoms. The van der Waals surface area contributed by atoms with Gasteiger partial charge in [0.15, 0.2) is 0 Å². The molecule has 3 fully saturated rings. The zero-order valence-electron chi connectivity index (χ0n) is 17.4. The molecule has 2 bridgehead atoms. The maximum atomic E-state index is 13.8. The van der Waals surface area contributed by atoms with E-state index in [1.807, 2.05) is 51.9 Å². The number of aryl methyl sites for hydroxylation is 1. The Labute approximate surface area is 180 Å². The molecule has 6 rings (SSSR count). The van der Waals surface area contributed by atoms with Gasteiger partial charge in [-0.25, -0.2) is 4.98 Å². The number of amides is 2. The Bertz CT molecular complexity index is 1060. The summed E-state index contributed by atoms with van der Waals surface area (Å²) in [6.45, 7) is 1.42. The number of carbonyl (C=O) groups is 2. The number of rotatable bonds is 6. The Hall–Kier alpha value is -3.00. The van der Waals surface area contributed by atoms with Crippen LogP contribution in [0.15, 0.2) is 49.1 Å². The average Bonchev–Trinajstić information content (AvgIpc) is 3.15. The van der Waals surface area contributed by atoms with E-state index in [1.54, 1.807) is 18.6 Å². The van der Waals surface area contributed by atoms with Crippen molar-refractivity contribution in [1.29, 1.82) is 0 Å². The Morgan fingerprint density at radius 2 is 2.23 bits per heavy atom. The summed E-state index contributed by atoms with van der Waals surface area (Å²) in [5.74, 6) is -0.0674. The summed E-state index contributed by atoms with van der Waals surface area (Å²) in [4.78, 5) is 39.6. The minimum Gasteiger partial charge on any atom is -0.360 e. The zero-order chi connectivity index (χ0) is 21.2. The second-order valence-corrected chi connectivity index (χ2v) is 9.11. The van der Waals surface area contributed by atoms with Gasteiger partial charge in [0.1, 0.15) is 11.4 Å². The number of fused-ring (bicyclic) bond motifs is 1. The zero-order valence-corrected chi connectivity index (χ0v) is 17.4. The highest BCUT2D eigenvalue weighted by atomic mass is 16.5. The Morgan fingerprint density at radius 1 is 1.35 bits per heavy atom. The summed E-state index contributed by atoms with van der Waals surface area (Å²) in [7, 11) is 1.94. The van der Waals surface area contributed by atoms with Crippen LogP contribution in [-0.2, 0) is 34.5 Å². The summed E-state index contributed by atoms with van der Waals surface area (Å²) < 4.78 is 8.25. The minimum absolute atomic E-state index is 0.00166. The molecule has 2 aromatic rings. The lowest BCUT2D eigenvalue weighted by molar-refractivity contribution is -0.144. The number of imidazole rings is 1. The molecule has 4 aliphatic rings. The first-order valence-corrected chi connectivity index (χ1v) is 10.9. The Kier molecular flexibility index (Phi) is 4.08. The lowest BCUT2D eigenvalue weighted by atomic mass is 9.76. The number of likely N-dealkylation sites (tertiary alicyclic amines) is 1. The number of nitrogens with zero attached hydrogens (tertiary/aromatic N) is 5. The van der Waals surface area contributed by atoms with E-state index in [2.05, 4.69) is 9.97 Å². The van der Waals surface area contributed by atoms with Crippen molar-refractivity contribution in [1.82, 2.24) is 24.3 Å². The van der Waals surface area contributed by atoms with Crippen molar-refractivity contribution in [3.8, 4) is 0 Å². The van der Waals surface area contributed by atoms with Crippen molar-refractivity contribution >= 4 is 11.8 Å². The van der Waals surface area contributed by atoms with E-state index in [9.17, 15) is 9.59 Å². The first kappa shape index (κ1) is 18.7. The van der Waals surface area contributed by atoms with Crippen LogP contribution in [0.2, 0.25) is 0 Å². The van der Waals surface area contributed by atoms with Crippen LogP contribution in [0.5, 0.6) is 0 Å². The fourth-order valence-corrected chi connectivity index (χ4v) is 5.37. The first-order valence-electron chi connectivity index (χ1n) is 10.9. The highest BCUT2D eigenvalue weighted by Gasteiger charge is 2.67. The predicted molar refractivity (Wildman–Crippen MR) is 110 cm³/mol. The second kappa shape index (κ2) is 6.75. The quantitative estimate of drug-likeness (QED) is 0.659. The fourth-order valence-electron chi connectivity index (χ4n) is 5.37. The Balaban J connectivity index is 1.27. The molecule has 3 aliphatic heterocycles. The van der Waals surface area contributed by atoms with Crippen LogP contribution in [0.3, 0.4) is 0 Å². The van der Waals surface area contributed by atoms with Crippen molar-refractivity contribution in [2.45, 2.75) is 43.7 Å². The molecule has 160 valence electrons. The smallest absolute Gasteiger partial charge is 0.230 e. The molecule has 5 heterocycles. The normalized spacial score (nSPS) is 30.8.